The van der Waals surface area contributed by atoms with Crippen LogP contribution in [0.2, 0.25) is 0 Å². The number of hydrogen-bond acceptors (Lipinski definition) is 3. The van der Waals surface area contributed by atoms with Gasteiger partial charge in [-0.3, -0.25) is 9.59 Å². The van der Waals surface area contributed by atoms with Crippen molar-refractivity contribution in [1.29, 1.82) is 0 Å². The Hall–Kier alpha value is -2.89. The Kier molecular flexibility index (Phi) is 6.63. The van der Waals surface area contributed by atoms with Crippen molar-refractivity contribution in [2.24, 2.45) is 5.92 Å². The minimum absolute atomic E-state index is 0.0281. The van der Waals surface area contributed by atoms with Crippen molar-refractivity contribution < 1.29 is 18.7 Å². The third kappa shape index (κ3) is 5.31. The van der Waals surface area contributed by atoms with Gasteiger partial charge in [0.15, 0.2) is 18.2 Å². The first-order chi connectivity index (χ1) is 13.5. The van der Waals surface area contributed by atoms with Gasteiger partial charge in [0, 0.05) is 19.1 Å². The van der Waals surface area contributed by atoms with Crippen LogP contribution in [0, 0.1) is 11.7 Å². The summed E-state index contributed by atoms with van der Waals surface area (Å²) in [6, 6.07) is 16.2. The summed E-state index contributed by atoms with van der Waals surface area (Å²) in [4.78, 5) is 26.0. The summed E-state index contributed by atoms with van der Waals surface area (Å²) < 4.78 is 18.7. The highest BCUT2D eigenvalue weighted by Gasteiger charge is 2.36. The number of nitrogens with one attached hydrogen (secondary N) is 1. The lowest BCUT2D eigenvalue weighted by molar-refractivity contribution is -0.144. The molecule has 0 saturated carbocycles. The Labute approximate surface area is 164 Å². The maximum Gasteiger partial charge on any atom is 0.260 e. The van der Waals surface area contributed by atoms with E-state index in [9.17, 15) is 14.0 Å². The Balaban J connectivity index is 1.35. The van der Waals surface area contributed by atoms with Gasteiger partial charge in [-0.25, -0.2) is 4.39 Å². The molecular formula is C22H25FN2O3. The lowest BCUT2D eigenvalue weighted by Gasteiger charge is -2.38. The van der Waals surface area contributed by atoms with E-state index >= 15 is 0 Å². The fraction of sp³-hybridized carbons (Fsp3) is 0.364. The maximum absolute atomic E-state index is 13.5. The van der Waals surface area contributed by atoms with Crippen LogP contribution in [0.3, 0.4) is 0 Å². The van der Waals surface area contributed by atoms with Crippen molar-refractivity contribution in [3.05, 3.63) is 66.0 Å². The largest absolute Gasteiger partial charge is 0.481 e. The second kappa shape index (κ2) is 9.35. The Bertz CT molecular complexity index is 806. The van der Waals surface area contributed by atoms with E-state index < -0.39 is 5.82 Å². The van der Waals surface area contributed by atoms with Crippen LogP contribution in [-0.2, 0) is 16.0 Å². The molecule has 1 atom stereocenters. The first-order valence-electron chi connectivity index (χ1n) is 9.52. The van der Waals surface area contributed by atoms with Gasteiger partial charge in [0.25, 0.3) is 5.91 Å². The third-order valence-electron chi connectivity index (χ3n) is 4.89. The zero-order valence-corrected chi connectivity index (χ0v) is 15.9. The Morgan fingerprint density at radius 1 is 1.14 bits per heavy atom. The monoisotopic (exact) mass is 384 g/mol. The molecule has 6 heteroatoms. The Morgan fingerprint density at radius 3 is 2.54 bits per heavy atom. The quantitative estimate of drug-likeness (QED) is 0.761. The van der Waals surface area contributed by atoms with E-state index in [1.165, 1.54) is 17.7 Å². The zero-order chi connectivity index (χ0) is 19.9. The van der Waals surface area contributed by atoms with E-state index in [1.54, 1.807) is 17.0 Å². The third-order valence-corrected chi connectivity index (χ3v) is 4.89. The van der Waals surface area contributed by atoms with Crippen LogP contribution in [0.15, 0.2) is 54.6 Å². The van der Waals surface area contributed by atoms with Crippen molar-refractivity contribution >= 4 is 11.8 Å². The molecule has 5 nitrogen and oxygen atoms in total. The molecule has 2 amide bonds. The predicted octanol–water partition coefficient (Wildman–Crippen LogP) is 2.80. The second-order valence-electron chi connectivity index (χ2n) is 7.15. The zero-order valence-electron chi connectivity index (χ0n) is 15.9. The number of hydrogen-bond donors (Lipinski definition) is 1. The molecular weight excluding hydrogens is 359 g/mol. The summed E-state index contributed by atoms with van der Waals surface area (Å²) in [5.41, 5.74) is 1.25. The smallest absolute Gasteiger partial charge is 0.260 e. The average molecular weight is 384 g/mol. The minimum Gasteiger partial charge on any atom is -0.481 e. The van der Waals surface area contributed by atoms with Gasteiger partial charge in [-0.1, -0.05) is 42.5 Å². The van der Waals surface area contributed by atoms with E-state index in [4.69, 9.17) is 4.74 Å². The molecule has 1 fully saturated rings. The van der Waals surface area contributed by atoms with Crippen molar-refractivity contribution in [2.45, 2.75) is 25.8 Å². The fourth-order valence-corrected chi connectivity index (χ4v) is 3.10. The number of ether oxygens (including phenoxy) is 1. The lowest BCUT2D eigenvalue weighted by Crippen LogP contribution is -2.57. The standard InChI is InChI=1S/C22H25FN2O3/c1-16(11-12-17-7-3-2-4-8-17)24-22(27)18-13-25(14-18)21(26)15-28-20-10-6-5-9-19(20)23/h2-10,16,18H,11-15H2,1H3,(H,24,27). The summed E-state index contributed by atoms with van der Waals surface area (Å²) >= 11 is 0. The molecule has 1 heterocycles. The first kappa shape index (κ1) is 19.9. The number of aryl methyl sites for hydroxylation is 1. The molecule has 1 aliphatic heterocycles. The number of carbonyl (C=O) groups excluding carboxylic acids is 2. The highest BCUT2D eigenvalue weighted by Crippen LogP contribution is 2.19. The summed E-state index contributed by atoms with van der Waals surface area (Å²) in [7, 11) is 0. The van der Waals surface area contributed by atoms with Crippen molar-refractivity contribution in [2.75, 3.05) is 19.7 Å². The Morgan fingerprint density at radius 2 is 1.82 bits per heavy atom. The van der Waals surface area contributed by atoms with Crippen LogP contribution in [0.5, 0.6) is 5.75 Å². The van der Waals surface area contributed by atoms with E-state index in [2.05, 4.69) is 17.4 Å². The fourth-order valence-electron chi connectivity index (χ4n) is 3.10. The van der Waals surface area contributed by atoms with Crippen LogP contribution in [0.25, 0.3) is 0 Å². The molecule has 2 aromatic carbocycles. The summed E-state index contributed by atoms with van der Waals surface area (Å²) in [6.07, 6.45) is 1.77. The van der Waals surface area contributed by atoms with Crippen LogP contribution < -0.4 is 10.1 Å². The number of likely N-dealkylation sites (tertiary alicyclic amines) is 1. The van der Waals surface area contributed by atoms with Gasteiger partial charge in [-0.05, 0) is 37.5 Å². The molecule has 148 valence electrons. The van der Waals surface area contributed by atoms with Crippen LogP contribution in [0.1, 0.15) is 18.9 Å². The van der Waals surface area contributed by atoms with Crippen molar-refractivity contribution in [1.82, 2.24) is 10.2 Å². The second-order valence-corrected chi connectivity index (χ2v) is 7.15. The SMILES string of the molecule is CC(CCc1ccccc1)NC(=O)C1CN(C(=O)COc2ccccc2F)C1. The number of carbonyl (C=O) groups is 2. The number of para-hydroxylation sites is 1. The number of amides is 2. The van der Waals surface area contributed by atoms with E-state index in [-0.39, 0.29) is 36.1 Å². The normalized spacial score (nSPS) is 14.9. The van der Waals surface area contributed by atoms with Gasteiger partial charge in [-0.2, -0.15) is 0 Å². The molecule has 0 radical (unpaired) electrons. The molecule has 3 rings (SSSR count). The lowest BCUT2D eigenvalue weighted by atomic mass is 9.98. The van der Waals surface area contributed by atoms with Crippen LogP contribution in [-0.4, -0.2) is 42.5 Å². The minimum atomic E-state index is -0.499. The molecule has 0 bridgehead atoms. The van der Waals surface area contributed by atoms with E-state index in [1.807, 2.05) is 25.1 Å². The summed E-state index contributed by atoms with van der Waals surface area (Å²) in [6.45, 7) is 2.50. The molecule has 0 aliphatic carbocycles. The highest BCUT2D eigenvalue weighted by atomic mass is 19.1. The van der Waals surface area contributed by atoms with Gasteiger partial charge >= 0.3 is 0 Å². The van der Waals surface area contributed by atoms with E-state index in [0.29, 0.717) is 13.1 Å². The number of rotatable bonds is 8. The highest BCUT2D eigenvalue weighted by molar-refractivity contribution is 5.85. The van der Waals surface area contributed by atoms with Gasteiger partial charge < -0.3 is 15.0 Å². The summed E-state index contributed by atoms with van der Waals surface area (Å²) in [5, 5.41) is 3.02. The number of benzene rings is 2. The molecule has 1 unspecified atom stereocenters. The van der Waals surface area contributed by atoms with Crippen LogP contribution in [0.4, 0.5) is 4.39 Å². The molecule has 1 aliphatic rings. The van der Waals surface area contributed by atoms with Gasteiger partial charge in [0.1, 0.15) is 0 Å². The van der Waals surface area contributed by atoms with Crippen molar-refractivity contribution in [3.8, 4) is 5.75 Å². The first-order valence-corrected chi connectivity index (χ1v) is 9.52. The van der Waals surface area contributed by atoms with Gasteiger partial charge in [0.2, 0.25) is 5.91 Å². The maximum atomic E-state index is 13.5. The van der Waals surface area contributed by atoms with Crippen LogP contribution >= 0.6 is 0 Å². The molecule has 28 heavy (non-hydrogen) atoms. The van der Waals surface area contributed by atoms with Gasteiger partial charge in [0.05, 0.1) is 5.92 Å². The van der Waals surface area contributed by atoms with Crippen molar-refractivity contribution in [3.63, 3.8) is 0 Å². The molecule has 0 spiro atoms. The predicted molar refractivity (Wildman–Crippen MR) is 104 cm³/mol. The molecule has 1 N–H and O–H groups in total. The molecule has 0 aromatic heterocycles. The van der Waals surface area contributed by atoms with E-state index in [0.717, 1.165) is 12.8 Å². The topological polar surface area (TPSA) is 58.6 Å². The summed E-state index contributed by atoms with van der Waals surface area (Å²) in [5.74, 6) is -0.917. The number of halogens is 1. The molecule has 2 aromatic rings. The molecule has 1 saturated heterocycles. The average Bonchev–Trinajstić information content (AvgIpc) is 2.65. The van der Waals surface area contributed by atoms with Gasteiger partial charge in [-0.15, -0.1) is 0 Å². The number of nitrogens with zero attached hydrogens (tertiary/aromatic N) is 1.